The van der Waals surface area contributed by atoms with Gasteiger partial charge in [-0.3, -0.25) is 13.9 Å². The molecule has 41 heavy (non-hydrogen) atoms. The average Bonchev–Trinajstić information content (AvgIpc) is 2.88. The molecule has 0 spiro atoms. The minimum atomic E-state index is -4.26. The number of carbonyl (C=O) groups excluding carboxylic acids is 2. The molecule has 0 heterocycles. The van der Waals surface area contributed by atoms with Gasteiger partial charge < -0.3 is 10.2 Å². The summed E-state index contributed by atoms with van der Waals surface area (Å²) in [6.45, 7) is 10.7. The van der Waals surface area contributed by atoms with Crippen LogP contribution in [0.2, 0.25) is 10.0 Å². The van der Waals surface area contributed by atoms with Crippen LogP contribution < -0.4 is 9.62 Å². The highest BCUT2D eigenvalue weighted by Crippen LogP contribution is 2.33. The van der Waals surface area contributed by atoms with Crippen molar-refractivity contribution in [3.05, 3.63) is 93.5 Å². The zero-order valence-corrected chi connectivity index (χ0v) is 26.6. The Morgan fingerprint density at radius 2 is 1.59 bits per heavy atom. The highest BCUT2D eigenvalue weighted by Gasteiger charge is 2.35. The first-order chi connectivity index (χ1) is 19.1. The van der Waals surface area contributed by atoms with Gasteiger partial charge in [-0.1, -0.05) is 72.1 Å². The van der Waals surface area contributed by atoms with Gasteiger partial charge in [-0.05, 0) is 82.5 Å². The van der Waals surface area contributed by atoms with E-state index in [0.29, 0.717) is 6.42 Å². The van der Waals surface area contributed by atoms with Crippen LogP contribution in [0.3, 0.4) is 0 Å². The van der Waals surface area contributed by atoms with Crippen molar-refractivity contribution in [3.8, 4) is 0 Å². The Labute approximate surface area is 253 Å². The Bertz CT molecular complexity index is 1500. The van der Waals surface area contributed by atoms with Crippen molar-refractivity contribution in [2.45, 2.75) is 71.0 Å². The van der Waals surface area contributed by atoms with Crippen molar-refractivity contribution >= 4 is 50.7 Å². The summed E-state index contributed by atoms with van der Waals surface area (Å²) < 4.78 is 29.0. The third-order valence-corrected chi connectivity index (χ3v) is 8.88. The van der Waals surface area contributed by atoms with Gasteiger partial charge in [0.1, 0.15) is 12.6 Å². The summed E-state index contributed by atoms with van der Waals surface area (Å²) in [5, 5.41) is 3.34. The fourth-order valence-electron chi connectivity index (χ4n) is 4.37. The molecule has 0 aliphatic rings. The molecule has 0 unspecified atom stereocenters. The minimum Gasteiger partial charge on any atom is -0.350 e. The number of carbonyl (C=O) groups is 2. The van der Waals surface area contributed by atoms with Crippen molar-refractivity contribution < 1.29 is 18.0 Å². The monoisotopic (exact) mass is 617 g/mol. The van der Waals surface area contributed by atoms with Gasteiger partial charge in [-0.2, -0.15) is 0 Å². The van der Waals surface area contributed by atoms with E-state index in [0.717, 1.165) is 21.0 Å². The Balaban J connectivity index is 2.13. The number of aryl methyl sites for hydroxylation is 2. The van der Waals surface area contributed by atoms with Gasteiger partial charge in [0.25, 0.3) is 10.0 Å². The first-order valence-electron chi connectivity index (χ1n) is 13.3. The second-order valence-corrected chi connectivity index (χ2v) is 13.7. The van der Waals surface area contributed by atoms with E-state index < -0.39 is 34.1 Å². The SMILES string of the molecule is CC[C@@H](C(=O)NC(C)(C)C)N(Cc1ccccc1C)C(=O)CN(c1cc(Cl)ccc1Cl)S(=O)(=O)c1ccc(C)cc1. The number of rotatable bonds is 10. The van der Waals surface area contributed by atoms with Crippen molar-refractivity contribution in [3.63, 3.8) is 0 Å². The molecule has 1 N–H and O–H groups in total. The van der Waals surface area contributed by atoms with Gasteiger partial charge in [-0.25, -0.2) is 8.42 Å². The van der Waals surface area contributed by atoms with Gasteiger partial charge in [0.05, 0.1) is 15.6 Å². The second kappa shape index (κ2) is 13.3. The largest absolute Gasteiger partial charge is 0.350 e. The van der Waals surface area contributed by atoms with E-state index >= 15 is 0 Å². The van der Waals surface area contributed by atoms with Crippen LogP contribution in [0, 0.1) is 13.8 Å². The maximum atomic E-state index is 14.2. The first kappa shape index (κ1) is 32.4. The quantitative estimate of drug-likeness (QED) is 0.280. The smallest absolute Gasteiger partial charge is 0.264 e. The Morgan fingerprint density at radius 1 is 0.951 bits per heavy atom. The topological polar surface area (TPSA) is 86.8 Å². The van der Waals surface area contributed by atoms with E-state index in [1.807, 2.05) is 65.8 Å². The molecule has 0 bridgehead atoms. The molecule has 3 rings (SSSR count). The van der Waals surface area contributed by atoms with Crippen LogP contribution in [-0.4, -0.2) is 43.3 Å². The number of amides is 2. The number of anilines is 1. The second-order valence-electron chi connectivity index (χ2n) is 11.0. The number of nitrogens with zero attached hydrogens (tertiary/aromatic N) is 2. The number of nitrogens with one attached hydrogen (secondary N) is 1. The third kappa shape index (κ3) is 8.24. The van der Waals surface area contributed by atoms with Gasteiger partial charge in [0.15, 0.2) is 0 Å². The van der Waals surface area contributed by atoms with Crippen LogP contribution in [0.5, 0.6) is 0 Å². The van der Waals surface area contributed by atoms with Gasteiger partial charge in [-0.15, -0.1) is 0 Å². The summed E-state index contributed by atoms with van der Waals surface area (Å²) in [6, 6.07) is 17.5. The average molecular weight is 619 g/mol. The lowest BCUT2D eigenvalue weighted by Crippen LogP contribution is -2.55. The number of halogens is 2. The molecule has 7 nitrogen and oxygen atoms in total. The summed E-state index contributed by atoms with van der Waals surface area (Å²) in [4.78, 5) is 29.1. The summed E-state index contributed by atoms with van der Waals surface area (Å²) in [6.07, 6.45) is 0.322. The molecule has 0 radical (unpaired) electrons. The van der Waals surface area contributed by atoms with Gasteiger partial charge in [0, 0.05) is 17.1 Å². The van der Waals surface area contributed by atoms with E-state index in [4.69, 9.17) is 23.2 Å². The molecule has 0 fully saturated rings. The lowest BCUT2D eigenvalue weighted by molar-refractivity contribution is -0.141. The van der Waals surface area contributed by atoms with E-state index in [2.05, 4.69) is 5.32 Å². The lowest BCUT2D eigenvalue weighted by atomic mass is 10.0. The molecule has 1 atom stereocenters. The van der Waals surface area contributed by atoms with E-state index in [9.17, 15) is 18.0 Å². The molecule has 10 heteroatoms. The van der Waals surface area contributed by atoms with E-state index in [1.165, 1.54) is 29.2 Å². The van der Waals surface area contributed by atoms with Crippen LogP contribution in [-0.2, 0) is 26.2 Å². The van der Waals surface area contributed by atoms with Gasteiger partial charge in [0.2, 0.25) is 11.8 Å². The molecule has 2 amide bonds. The maximum Gasteiger partial charge on any atom is 0.264 e. The van der Waals surface area contributed by atoms with Gasteiger partial charge >= 0.3 is 0 Å². The van der Waals surface area contributed by atoms with Crippen molar-refractivity contribution in [2.24, 2.45) is 0 Å². The fraction of sp³-hybridized carbons (Fsp3) is 0.355. The first-order valence-corrected chi connectivity index (χ1v) is 15.5. The molecule has 0 saturated carbocycles. The summed E-state index contributed by atoms with van der Waals surface area (Å²) in [7, 11) is -4.26. The molecule has 220 valence electrons. The summed E-state index contributed by atoms with van der Waals surface area (Å²) in [5.41, 5.74) is 2.20. The molecule has 0 saturated heterocycles. The molecular formula is C31H37Cl2N3O4S. The number of sulfonamides is 1. The van der Waals surface area contributed by atoms with E-state index in [1.54, 1.807) is 18.2 Å². The lowest BCUT2D eigenvalue weighted by Gasteiger charge is -2.35. The highest BCUT2D eigenvalue weighted by molar-refractivity contribution is 7.92. The van der Waals surface area contributed by atoms with Crippen molar-refractivity contribution in [1.82, 2.24) is 10.2 Å². The van der Waals surface area contributed by atoms with Crippen molar-refractivity contribution in [1.29, 1.82) is 0 Å². The molecule has 3 aromatic carbocycles. The van der Waals surface area contributed by atoms with Crippen LogP contribution in [0.15, 0.2) is 71.6 Å². The van der Waals surface area contributed by atoms with Crippen LogP contribution >= 0.6 is 23.2 Å². The van der Waals surface area contributed by atoms with Crippen LogP contribution in [0.1, 0.15) is 50.8 Å². The molecular weight excluding hydrogens is 581 g/mol. The summed E-state index contributed by atoms with van der Waals surface area (Å²) >= 11 is 12.7. The normalized spacial score (nSPS) is 12.5. The van der Waals surface area contributed by atoms with Crippen molar-refractivity contribution in [2.75, 3.05) is 10.8 Å². The zero-order valence-electron chi connectivity index (χ0n) is 24.2. The predicted molar refractivity (Wildman–Crippen MR) is 166 cm³/mol. The van der Waals surface area contributed by atoms with Crippen LogP contribution in [0.25, 0.3) is 0 Å². The standard InChI is InChI=1S/C31H37Cl2N3O4S/c1-7-27(30(38)34-31(4,5)6)35(19-23-11-9-8-10-22(23)3)29(37)20-36(28-18-24(32)14-17-26(28)33)41(39,40)25-15-12-21(2)13-16-25/h8-18,27H,7,19-20H2,1-6H3,(H,34,38)/t27-/m0/s1. The Kier molecular flexibility index (Phi) is 10.5. The third-order valence-electron chi connectivity index (χ3n) is 6.55. The van der Waals surface area contributed by atoms with Crippen LogP contribution in [0.4, 0.5) is 5.69 Å². The minimum absolute atomic E-state index is 0.00471. The fourth-order valence-corrected chi connectivity index (χ4v) is 6.23. The van der Waals surface area contributed by atoms with E-state index in [-0.39, 0.29) is 33.1 Å². The Morgan fingerprint density at radius 3 is 2.17 bits per heavy atom. The number of hydrogen-bond acceptors (Lipinski definition) is 4. The summed E-state index contributed by atoms with van der Waals surface area (Å²) in [5.74, 6) is -0.883. The predicted octanol–water partition coefficient (Wildman–Crippen LogP) is 6.53. The maximum absolute atomic E-state index is 14.2. The highest BCUT2D eigenvalue weighted by atomic mass is 35.5. The zero-order chi connectivity index (χ0) is 30.5. The molecule has 0 aliphatic heterocycles. The number of hydrogen-bond donors (Lipinski definition) is 1. The molecule has 0 aromatic heterocycles. The Hall–Kier alpha value is -3.07. The molecule has 3 aromatic rings. The number of benzene rings is 3. The molecule has 0 aliphatic carbocycles.